The van der Waals surface area contributed by atoms with E-state index in [1.165, 1.54) is 0 Å². The summed E-state index contributed by atoms with van der Waals surface area (Å²) < 4.78 is 26.1. The number of fused-ring (bicyclic) bond motifs is 1. The van der Waals surface area contributed by atoms with E-state index in [9.17, 15) is 0 Å². The molecule has 0 amide bonds. The summed E-state index contributed by atoms with van der Waals surface area (Å²) in [6.45, 7) is 23.1. The van der Waals surface area contributed by atoms with E-state index in [0.29, 0.717) is 12.5 Å². The molecular formula is C23H40N2O4Si2. The molecule has 4 atom stereocenters. The number of nitrogens with zero attached hydrogens (tertiary/aromatic N) is 2. The Bertz CT molecular complexity index is 800. The van der Waals surface area contributed by atoms with Gasteiger partial charge in [0.2, 0.25) is 5.90 Å². The minimum atomic E-state index is -2.05. The predicted molar refractivity (Wildman–Crippen MR) is 130 cm³/mol. The maximum absolute atomic E-state index is 6.86. The van der Waals surface area contributed by atoms with Crippen molar-refractivity contribution in [1.82, 2.24) is 4.98 Å². The van der Waals surface area contributed by atoms with Crippen LogP contribution in [0.25, 0.3) is 0 Å². The number of rotatable bonds is 6. The van der Waals surface area contributed by atoms with Crippen LogP contribution in [0, 0.1) is 0 Å². The van der Waals surface area contributed by atoms with Gasteiger partial charge in [0, 0.05) is 18.0 Å². The van der Waals surface area contributed by atoms with Crippen LogP contribution in [-0.4, -0.2) is 58.7 Å². The molecule has 6 nitrogen and oxygen atoms in total. The maximum Gasteiger partial charge on any atom is 0.219 e. The fourth-order valence-electron chi connectivity index (χ4n) is 3.15. The normalized spacial score (nSPS) is 27.1. The van der Waals surface area contributed by atoms with Gasteiger partial charge in [-0.25, -0.2) is 4.99 Å². The zero-order valence-electron chi connectivity index (χ0n) is 20.9. The second-order valence-corrected chi connectivity index (χ2v) is 21.3. The first-order valence-electron chi connectivity index (χ1n) is 11.2. The Labute approximate surface area is 190 Å². The van der Waals surface area contributed by atoms with Crippen molar-refractivity contribution < 1.29 is 18.3 Å². The molecule has 31 heavy (non-hydrogen) atoms. The topological polar surface area (TPSA) is 62.2 Å². The summed E-state index contributed by atoms with van der Waals surface area (Å²) in [4.78, 5) is 8.83. The molecule has 2 aliphatic heterocycles. The molecule has 0 N–H and O–H groups in total. The minimum Gasteiger partial charge on any atom is -0.466 e. The van der Waals surface area contributed by atoms with Crippen molar-refractivity contribution in [3.05, 3.63) is 30.1 Å². The Kier molecular flexibility index (Phi) is 6.64. The summed E-state index contributed by atoms with van der Waals surface area (Å²) in [6, 6.07) is 3.81. The van der Waals surface area contributed by atoms with Crippen molar-refractivity contribution in [3.63, 3.8) is 0 Å². The Morgan fingerprint density at radius 3 is 2.06 bits per heavy atom. The van der Waals surface area contributed by atoms with Gasteiger partial charge >= 0.3 is 0 Å². The first-order chi connectivity index (χ1) is 14.1. The molecule has 0 saturated carbocycles. The van der Waals surface area contributed by atoms with Crippen molar-refractivity contribution in [2.45, 2.75) is 102 Å². The number of hydrogen-bond acceptors (Lipinski definition) is 6. The summed E-state index contributed by atoms with van der Waals surface area (Å²) in [5, 5.41) is 0.226. The van der Waals surface area contributed by atoms with Crippen LogP contribution in [0.5, 0.6) is 0 Å². The second-order valence-electron chi connectivity index (χ2n) is 11.7. The van der Waals surface area contributed by atoms with E-state index in [0.717, 1.165) is 5.56 Å². The van der Waals surface area contributed by atoms with Gasteiger partial charge in [0.1, 0.15) is 12.2 Å². The van der Waals surface area contributed by atoms with E-state index in [2.05, 4.69) is 72.7 Å². The van der Waals surface area contributed by atoms with Crippen molar-refractivity contribution in [2.75, 3.05) is 6.61 Å². The molecule has 174 valence electrons. The largest absolute Gasteiger partial charge is 0.466 e. The van der Waals surface area contributed by atoms with Gasteiger partial charge in [0.25, 0.3) is 0 Å². The summed E-state index contributed by atoms with van der Waals surface area (Å²) >= 11 is 0. The van der Waals surface area contributed by atoms with Crippen LogP contribution in [0.3, 0.4) is 0 Å². The third-order valence-electron chi connectivity index (χ3n) is 7.36. The average Bonchev–Trinajstić information content (AvgIpc) is 3.18. The zero-order valence-corrected chi connectivity index (χ0v) is 22.9. The lowest BCUT2D eigenvalue weighted by Crippen LogP contribution is -2.51. The van der Waals surface area contributed by atoms with Gasteiger partial charge < -0.3 is 18.3 Å². The Hall–Kier alpha value is -1.07. The highest BCUT2D eigenvalue weighted by molar-refractivity contribution is 6.74. The van der Waals surface area contributed by atoms with Gasteiger partial charge in [-0.05, 0) is 48.4 Å². The first-order valence-corrected chi connectivity index (χ1v) is 17.1. The minimum absolute atomic E-state index is 0.0866. The highest BCUT2D eigenvalue weighted by Crippen LogP contribution is 2.43. The van der Waals surface area contributed by atoms with E-state index in [1.807, 2.05) is 12.1 Å². The van der Waals surface area contributed by atoms with Crippen LogP contribution in [0.4, 0.5) is 0 Å². The van der Waals surface area contributed by atoms with Crippen LogP contribution in [0.2, 0.25) is 36.3 Å². The molecule has 8 heteroatoms. The molecule has 0 unspecified atom stereocenters. The molecule has 2 aliphatic rings. The van der Waals surface area contributed by atoms with E-state index >= 15 is 0 Å². The third kappa shape index (κ3) is 5.13. The van der Waals surface area contributed by atoms with Gasteiger partial charge in [-0.3, -0.25) is 4.98 Å². The number of hydrogen-bond donors (Lipinski definition) is 0. The average molecular weight is 465 g/mol. The maximum atomic E-state index is 6.86. The molecule has 1 aromatic rings. The van der Waals surface area contributed by atoms with Gasteiger partial charge in [-0.15, -0.1) is 0 Å². The van der Waals surface area contributed by atoms with E-state index in [4.69, 9.17) is 23.3 Å². The summed E-state index contributed by atoms with van der Waals surface area (Å²) in [6.07, 6.45) is 2.46. The molecular weight excluding hydrogens is 424 g/mol. The second kappa shape index (κ2) is 8.37. The third-order valence-corrected chi connectivity index (χ3v) is 16.3. The lowest BCUT2D eigenvalue weighted by atomic mass is 10.1. The van der Waals surface area contributed by atoms with Crippen LogP contribution in [-0.2, 0) is 18.3 Å². The van der Waals surface area contributed by atoms with E-state index < -0.39 is 16.6 Å². The van der Waals surface area contributed by atoms with Crippen molar-refractivity contribution in [1.29, 1.82) is 0 Å². The molecule has 3 rings (SSSR count). The van der Waals surface area contributed by atoms with Gasteiger partial charge in [0.05, 0.1) is 6.61 Å². The molecule has 0 bridgehead atoms. The fraction of sp³-hybridized carbons (Fsp3) is 0.739. The molecule has 1 saturated heterocycles. The van der Waals surface area contributed by atoms with Crippen LogP contribution in [0.15, 0.2) is 29.5 Å². The molecule has 1 fully saturated rings. The van der Waals surface area contributed by atoms with E-state index in [1.54, 1.807) is 12.4 Å². The van der Waals surface area contributed by atoms with Gasteiger partial charge in [-0.1, -0.05) is 41.5 Å². The highest BCUT2D eigenvalue weighted by Gasteiger charge is 2.54. The molecule has 0 spiro atoms. The molecule has 0 aromatic carbocycles. The standard InChI is InChI=1S/C23H40N2O4Si2/c1-22(2,3)30(7,8)26-15-17-18(29-31(9,10)23(4,5)6)19-21(27-17)25-20(28-19)16-11-13-24-14-12-16/h11-14,17-19,21H,15H2,1-10H3/t17-,18-,19+,21-/m0/s1. The van der Waals surface area contributed by atoms with Gasteiger partial charge in [-0.2, -0.15) is 0 Å². The predicted octanol–water partition coefficient (Wildman–Crippen LogP) is 5.36. The van der Waals surface area contributed by atoms with Crippen LogP contribution in [0.1, 0.15) is 47.1 Å². The fourth-order valence-corrected chi connectivity index (χ4v) is 5.48. The molecule has 0 radical (unpaired) electrons. The Morgan fingerprint density at radius 2 is 1.52 bits per heavy atom. The summed E-state index contributed by atoms with van der Waals surface area (Å²) in [5.74, 6) is 0.602. The molecule has 0 aliphatic carbocycles. The monoisotopic (exact) mass is 464 g/mol. The number of aromatic nitrogens is 1. The van der Waals surface area contributed by atoms with E-state index in [-0.39, 0.29) is 34.6 Å². The summed E-state index contributed by atoms with van der Waals surface area (Å²) in [7, 11) is -3.96. The van der Waals surface area contributed by atoms with Crippen LogP contribution < -0.4 is 0 Å². The lowest BCUT2D eigenvalue weighted by molar-refractivity contribution is -0.0135. The zero-order chi connectivity index (χ0) is 23.2. The van der Waals surface area contributed by atoms with Crippen molar-refractivity contribution in [3.8, 4) is 0 Å². The quantitative estimate of drug-likeness (QED) is 0.530. The number of ether oxygens (including phenoxy) is 2. The lowest BCUT2D eigenvalue weighted by Gasteiger charge is -2.41. The molecule has 3 heterocycles. The highest BCUT2D eigenvalue weighted by atomic mass is 28.4. The number of aliphatic imine (C=N–C) groups is 1. The first kappa shape index (κ1) is 24.6. The van der Waals surface area contributed by atoms with Crippen molar-refractivity contribution >= 4 is 22.5 Å². The smallest absolute Gasteiger partial charge is 0.219 e. The Morgan fingerprint density at radius 1 is 0.935 bits per heavy atom. The summed E-state index contributed by atoms with van der Waals surface area (Å²) in [5.41, 5.74) is 0.910. The van der Waals surface area contributed by atoms with Crippen LogP contribution >= 0.6 is 0 Å². The number of pyridine rings is 1. The molecule has 1 aromatic heterocycles. The van der Waals surface area contributed by atoms with Crippen molar-refractivity contribution in [2.24, 2.45) is 4.99 Å². The Balaban J connectivity index is 1.82. The SMILES string of the molecule is CC(C)(C)[Si](C)(C)OC[C@@H]1O[C@@H]2N=C(c3ccncc3)O[C@@H]2[C@H]1O[Si](C)(C)C(C)(C)C. The van der Waals surface area contributed by atoms with Gasteiger partial charge in [0.15, 0.2) is 29.0 Å².